The molecule has 8 nitrogen and oxygen atoms in total. The van der Waals surface area contributed by atoms with Gasteiger partial charge in [-0.2, -0.15) is 4.98 Å². The van der Waals surface area contributed by atoms with Crippen LogP contribution in [-0.2, 0) is 6.54 Å². The molecule has 3 aliphatic rings. The summed E-state index contributed by atoms with van der Waals surface area (Å²) in [6, 6.07) is 11.8. The normalized spacial score (nSPS) is 27.8. The fourth-order valence-electron chi connectivity index (χ4n) is 5.59. The third-order valence-corrected chi connectivity index (χ3v) is 6.99. The predicted molar refractivity (Wildman–Crippen MR) is 112 cm³/mol. The first-order valence-electron chi connectivity index (χ1n) is 11.1. The van der Waals surface area contributed by atoms with Gasteiger partial charge in [0.1, 0.15) is 5.82 Å². The average molecular weight is 406 g/mol. The SMILES string of the molecule is Cc1nnc(N2C[C@H]3CC[C@@H](C2)C3Nc2nc3n(n2)CCCC3c2ccccc2)o1. The first-order chi connectivity index (χ1) is 14.7. The molecule has 1 aromatic carbocycles. The molecule has 4 heterocycles. The van der Waals surface area contributed by atoms with Crippen molar-refractivity contribution in [1.82, 2.24) is 25.0 Å². The minimum Gasteiger partial charge on any atom is -0.408 e. The average Bonchev–Trinajstić information content (AvgIpc) is 3.44. The molecule has 2 fully saturated rings. The van der Waals surface area contributed by atoms with Crippen LogP contribution in [0.1, 0.15) is 48.9 Å². The lowest BCUT2D eigenvalue weighted by atomic mass is 9.91. The summed E-state index contributed by atoms with van der Waals surface area (Å²) >= 11 is 0. The maximum atomic E-state index is 5.67. The quantitative estimate of drug-likeness (QED) is 0.713. The second kappa shape index (κ2) is 7.11. The zero-order chi connectivity index (χ0) is 20.1. The molecule has 2 aromatic heterocycles. The maximum Gasteiger partial charge on any atom is 0.318 e. The summed E-state index contributed by atoms with van der Waals surface area (Å²) in [6.45, 7) is 4.68. The van der Waals surface area contributed by atoms with Crippen molar-refractivity contribution in [1.29, 1.82) is 0 Å². The largest absolute Gasteiger partial charge is 0.408 e. The number of aromatic nitrogens is 5. The van der Waals surface area contributed by atoms with Crippen LogP contribution in [0.5, 0.6) is 0 Å². The van der Waals surface area contributed by atoms with E-state index in [1.54, 1.807) is 0 Å². The Morgan fingerprint density at radius 3 is 2.57 bits per heavy atom. The Balaban J connectivity index is 1.20. The van der Waals surface area contributed by atoms with Gasteiger partial charge in [0.15, 0.2) is 0 Å². The van der Waals surface area contributed by atoms with Gasteiger partial charge in [-0.15, -0.1) is 10.2 Å². The van der Waals surface area contributed by atoms with Gasteiger partial charge in [-0.05, 0) is 43.1 Å². The van der Waals surface area contributed by atoms with E-state index in [4.69, 9.17) is 14.5 Å². The summed E-state index contributed by atoms with van der Waals surface area (Å²) in [5.74, 6) is 3.93. The molecule has 2 aliphatic heterocycles. The smallest absolute Gasteiger partial charge is 0.318 e. The molecule has 0 radical (unpaired) electrons. The summed E-state index contributed by atoms with van der Waals surface area (Å²) in [5, 5.41) is 16.8. The van der Waals surface area contributed by atoms with E-state index in [2.05, 4.69) is 55.4 Å². The number of nitrogens with zero attached hydrogens (tertiary/aromatic N) is 6. The van der Waals surface area contributed by atoms with E-state index >= 15 is 0 Å². The van der Waals surface area contributed by atoms with Gasteiger partial charge >= 0.3 is 6.01 Å². The molecule has 2 bridgehead atoms. The van der Waals surface area contributed by atoms with Gasteiger partial charge in [-0.1, -0.05) is 35.4 Å². The highest BCUT2D eigenvalue weighted by atomic mass is 16.4. The Hall–Kier alpha value is -2.90. The number of anilines is 2. The van der Waals surface area contributed by atoms with Crippen LogP contribution in [0.25, 0.3) is 0 Å². The number of nitrogens with one attached hydrogen (secondary N) is 1. The molecule has 6 rings (SSSR count). The van der Waals surface area contributed by atoms with Crippen LogP contribution in [0.2, 0.25) is 0 Å². The van der Waals surface area contributed by atoms with Crippen LogP contribution < -0.4 is 10.2 Å². The van der Waals surface area contributed by atoms with Crippen molar-refractivity contribution >= 4 is 12.0 Å². The van der Waals surface area contributed by atoms with Crippen LogP contribution in [0.15, 0.2) is 34.7 Å². The molecule has 4 atom stereocenters. The van der Waals surface area contributed by atoms with Gasteiger partial charge in [0.2, 0.25) is 11.8 Å². The van der Waals surface area contributed by atoms with Gasteiger partial charge in [0.25, 0.3) is 0 Å². The Kier molecular flexibility index (Phi) is 4.24. The van der Waals surface area contributed by atoms with E-state index in [9.17, 15) is 0 Å². The van der Waals surface area contributed by atoms with Gasteiger partial charge < -0.3 is 14.6 Å². The van der Waals surface area contributed by atoms with Crippen molar-refractivity contribution in [3.8, 4) is 0 Å². The van der Waals surface area contributed by atoms with Gasteiger partial charge in [0.05, 0.1) is 0 Å². The summed E-state index contributed by atoms with van der Waals surface area (Å²) in [7, 11) is 0. The topological polar surface area (TPSA) is 84.9 Å². The summed E-state index contributed by atoms with van der Waals surface area (Å²) < 4.78 is 7.78. The van der Waals surface area contributed by atoms with E-state index in [0.29, 0.717) is 35.7 Å². The highest BCUT2D eigenvalue weighted by Gasteiger charge is 2.44. The van der Waals surface area contributed by atoms with Gasteiger partial charge in [-0.3, -0.25) is 0 Å². The molecule has 0 spiro atoms. The monoisotopic (exact) mass is 405 g/mol. The Morgan fingerprint density at radius 2 is 1.83 bits per heavy atom. The first-order valence-corrected chi connectivity index (χ1v) is 11.1. The maximum absolute atomic E-state index is 5.67. The number of benzene rings is 1. The van der Waals surface area contributed by atoms with E-state index in [1.165, 1.54) is 18.4 Å². The molecule has 8 heteroatoms. The van der Waals surface area contributed by atoms with Crippen molar-refractivity contribution in [3.63, 3.8) is 0 Å². The standard InChI is InChI=1S/C22H27N7O/c1-14-25-26-22(30-14)28-12-16-9-10-17(13-28)19(16)23-21-24-20-18(8-5-11-29(20)27-21)15-6-3-2-4-7-15/h2-4,6-7,16-19H,5,8-13H2,1H3,(H,23,27)/t16-,17+,18?,19?. The summed E-state index contributed by atoms with van der Waals surface area (Å²) in [4.78, 5) is 7.21. The Morgan fingerprint density at radius 1 is 1.03 bits per heavy atom. The molecular formula is C22H27N7O. The minimum atomic E-state index is 0.335. The third-order valence-electron chi connectivity index (χ3n) is 6.99. The van der Waals surface area contributed by atoms with Gasteiger partial charge in [0, 0.05) is 38.5 Å². The Bertz CT molecular complexity index is 1020. The number of fused-ring (bicyclic) bond motifs is 3. The molecule has 1 aliphatic carbocycles. The molecule has 3 aromatic rings. The third kappa shape index (κ3) is 3.05. The van der Waals surface area contributed by atoms with E-state index < -0.39 is 0 Å². The molecule has 0 amide bonds. The number of piperidine rings is 1. The number of hydrogen-bond donors (Lipinski definition) is 1. The van der Waals surface area contributed by atoms with Crippen LogP contribution in [-0.4, -0.2) is 44.1 Å². The predicted octanol–water partition coefficient (Wildman–Crippen LogP) is 3.22. The lowest BCUT2D eigenvalue weighted by Crippen LogP contribution is -2.48. The van der Waals surface area contributed by atoms with Crippen LogP contribution in [0.4, 0.5) is 12.0 Å². The van der Waals surface area contributed by atoms with Crippen molar-refractivity contribution in [2.75, 3.05) is 23.3 Å². The lowest BCUT2D eigenvalue weighted by Gasteiger charge is -2.37. The highest BCUT2D eigenvalue weighted by Crippen LogP contribution is 2.40. The molecular weight excluding hydrogens is 378 g/mol. The Labute approximate surface area is 175 Å². The van der Waals surface area contributed by atoms with E-state index in [0.717, 1.165) is 44.2 Å². The van der Waals surface area contributed by atoms with Crippen molar-refractivity contribution in [3.05, 3.63) is 47.6 Å². The second-order valence-corrected chi connectivity index (χ2v) is 8.90. The highest BCUT2D eigenvalue weighted by molar-refractivity contribution is 5.35. The van der Waals surface area contributed by atoms with E-state index in [1.807, 2.05) is 6.92 Å². The van der Waals surface area contributed by atoms with Crippen LogP contribution in [0.3, 0.4) is 0 Å². The molecule has 1 saturated heterocycles. The number of rotatable bonds is 4. The zero-order valence-corrected chi connectivity index (χ0v) is 17.2. The van der Waals surface area contributed by atoms with Crippen LogP contribution >= 0.6 is 0 Å². The van der Waals surface area contributed by atoms with Crippen LogP contribution in [0, 0.1) is 18.8 Å². The molecule has 1 N–H and O–H groups in total. The summed E-state index contributed by atoms with van der Waals surface area (Å²) in [6.07, 6.45) is 4.70. The second-order valence-electron chi connectivity index (χ2n) is 8.90. The minimum absolute atomic E-state index is 0.335. The van der Waals surface area contributed by atoms with Crippen molar-refractivity contribution in [2.45, 2.75) is 51.1 Å². The molecule has 30 heavy (non-hydrogen) atoms. The van der Waals surface area contributed by atoms with E-state index in [-0.39, 0.29) is 0 Å². The molecule has 2 unspecified atom stereocenters. The lowest BCUT2D eigenvalue weighted by molar-refractivity contribution is 0.356. The fourth-order valence-corrected chi connectivity index (χ4v) is 5.59. The van der Waals surface area contributed by atoms with Gasteiger partial charge in [-0.25, -0.2) is 4.68 Å². The number of hydrogen-bond acceptors (Lipinski definition) is 7. The zero-order valence-electron chi connectivity index (χ0n) is 17.2. The number of aryl methyl sites for hydroxylation is 2. The molecule has 1 saturated carbocycles. The summed E-state index contributed by atoms with van der Waals surface area (Å²) in [5.41, 5.74) is 1.33. The fraction of sp³-hybridized carbons (Fsp3) is 0.545. The molecule has 156 valence electrons. The van der Waals surface area contributed by atoms with Crippen molar-refractivity contribution < 1.29 is 4.42 Å². The first kappa shape index (κ1) is 17.9. The van der Waals surface area contributed by atoms with Crippen molar-refractivity contribution in [2.24, 2.45) is 11.8 Å².